The van der Waals surface area contributed by atoms with E-state index in [0.29, 0.717) is 24.9 Å². The third-order valence-electron chi connectivity index (χ3n) is 5.06. The number of aliphatic carboxylic acids is 1. The molecule has 0 aromatic rings. The van der Waals surface area contributed by atoms with Crippen LogP contribution in [0.15, 0.2) is 0 Å². The van der Waals surface area contributed by atoms with Gasteiger partial charge in [0, 0.05) is 19.1 Å². The summed E-state index contributed by atoms with van der Waals surface area (Å²) in [6.07, 6.45) is 4.86. The molecular weight excluding hydrogens is 268 g/mol. The summed E-state index contributed by atoms with van der Waals surface area (Å²) in [6.45, 7) is 6.72. The van der Waals surface area contributed by atoms with Crippen LogP contribution in [0.1, 0.15) is 46.0 Å². The fraction of sp³-hybridized carbons (Fsp3) is 0.875. The summed E-state index contributed by atoms with van der Waals surface area (Å²) in [6, 6.07) is 0.703. The molecule has 2 fully saturated rings. The van der Waals surface area contributed by atoms with Gasteiger partial charge >= 0.3 is 5.97 Å². The second-order valence-electron chi connectivity index (χ2n) is 6.45. The molecule has 5 heteroatoms. The molecule has 0 aromatic heterocycles. The fourth-order valence-electron chi connectivity index (χ4n) is 3.53. The molecule has 21 heavy (non-hydrogen) atoms. The Morgan fingerprint density at radius 2 is 1.86 bits per heavy atom. The van der Waals surface area contributed by atoms with Crippen molar-refractivity contribution in [2.45, 2.75) is 52.0 Å². The molecule has 0 heterocycles. The molecule has 0 aliphatic heterocycles. The van der Waals surface area contributed by atoms with E-state index in [1.807, 2.05) is 0 Å². The standard InChI is InChI=1S/C16H28N2O3/c1-3-11-9-13(14(10-11)16(20)21)15(19)17-7-8-18(4-2)12-5-6-12/h11-14H,3-10H2,1-2H3,(H,17,19)(H,20,21). The minimum atomic E-state index is -0.820. The molecule has 3 atom stereocenters. The smallest absolute Gasteiger partial charge is 0.307 e. The predicted octanol–water partition coefficient (Wildman–Crippen LogP) is 1.72. The highest BCUT2D eigenvalue weighted by Crippen LogP contribution is 2.38. The molecule has 0 saturated heterocycles. The number of hydrogen-bond donors (Lipinski definition) is 2. The zero-order valence-electron chi connectivity index (χ0n) is 13.2. The molecule has 0 radical (unpaired) electrons. The molecular formula is C16H28N2O3. The maximum atomic E-state index is 12.3. The van der Waals surface area contributed by atoms with E-state index >= 15 is 0 Å². The number of likely N-dealkylation sites (N-methyl/N-ethyl adjacent to an activating group) is 1. The lowest BCUT2D eigenvalue weighted by Gasteiger charge is -2.21. The van der Waals surface area contributed by atoms with E-state index in [1.165, 1.54) is 12.8 Å². The number of nitrogens with one attached hydrogen (secondary N) is 1. The third kappa shape index (κ3) is 4.19. The van der Waals surface area contributed by atoms with Crippen molar-refractivity contribution in [3.63, 3.8) is 0 Å². The van der Waals surface area contributed by atoms with Crippen LogP contribution < -0.4 is 5.32 Å². The first-order chi connectivity index (χ1) is 10.1. The van der Waals surface area contributed by atoms with E-state index in [2.05, 4.69) is 24.1 Å². The van der Waals surface area contributed by atoms with Crippen molar-refractivity contribution in [3.05, 3.63) is 0 Å². The van der Waals surface area contributed by atoms with E-state index < -0.39 is 11.9 Å². The maximum Gasteiger partial charge on any atom is 0.307 e. The van der Waals surface area contributed by atoms with Crippen LogP contribution in [0.2, 0.25) is 0 Å². The van der Waals surface area contributed by atoms with Crippen LogP contribution in [0, 0.1) is 17.8 Å². The number of carbonyl (C=O) groups excluding carboxylic acids is 1. The first-order valence-corrected chi connectivity index (χ1v) is 8.31. The molecule has 2 N–H and O–H groups in total. The first kappa shape index (κ1) is 16.3. The Labute approximate surface area is 127 Å². The Balaban J connectivity index is 1.79. The monoisotopic (exact) mass is 296 g/mol. The van der Waals surface area contributed by atoms with E-state index in [9.17, 15) is 14.7 Å². The largest absolute Gasteiger partial charge is 0.481 e. The zero-order valence-corrected chi connectivity index (χ0v) is 13.2. The molecule has 2 rings (SSSR count). The van der Waals surface area contributed by atoms with Crippen LogP contribution in [0.4, 0.5) is 0 Å². The number of carboxylic acids is 1. The zero-order chi connectivity index (χ0) is 15.4. The van der Waals surface area contributed by atoms with Gasteiger partial charge in [0.1, 0.15) is 0 Å². The number of carbonyl (C=O) groups is 2. The predicted molar refractivity (Wildman–Crippen MR) is 80.9 cm³/mol. The average molecular weight is 296 g/mol. The van der Waals surface area contributed by atoms with E-state index in [0.717, 1.165) is 25.9 Å². The van der Waals surface area contributed by atoms with Crippen molar-refractivity contribution in [3.8, 4) is 0 Å². The van der Waals surface area contributed by atoms with Crippen molar-refractivity contribution in [1.82, 2.24) is 10.2 Å². The van der Waals surface area contributed by atoms with Gasteiger partial charge in [-0.2, -0.15) is 0 Å². The summed E-state index contributed by atoms with van der Waals surface area (Å²) in [7, 11) is 0. The second-order valence-corrected chi connectivity index (χ2v) is 6.45. The molecule has 1 amide bonds. The van der Waals surface area contributed by atoms with Crippen LogP contribution in [-0.4, -0.2) is 47.6 Å². The van der Waals surface area contributed by atoms with Crippen molar-refractivity contribution in [2.75, 3.05) is 19.6 Å². The van der Waals surface area contributed by atoms with E-state index in [1.54, 1.807) is 0 Å². The SMILES string of the molecule is CCC1CC(C(=O)O)C(C(=O)NCCN(CC)C2CC2)C1. The topological polar surface area (TPSA) is 69.6 Å². The van der Waals surface area contributed by atoms with Crippen molar-refractivity contribution >= 4 is 11.9 Å². The summed E-state index contributed by atoms with van der Waals surface area (Å²) >= 11 is 0. The van der Waals surface area contributed by atoms with Crippen LogP contribution >= 0.6 is 0 Å². The highest BCUT2D eigenvalue weighted by Gasteiger charge is 2.42. The Morgan fingerprint density at radius 1 is 1.19 bits per heavy atom. The molecule has 0 aromatic carbocycles. The number of carboxylic acid groups (broad SMARTS) is 1. The highest BCUT2D eigenvalue weighted by molar-refractivity contribution is 5.85. The van der Waals surface area contributed by atoms with Gasteiger partial charge in [0.2, 0.25) is 5.91 Å². The molecule has 120 valence electrons. The number of hydrogen-bond acceptors (Lipinski definition) is 3. The lowest BCUT2D eigenvalue weighted by Crippen LogP contribution is -2.40. The minimum absolute atomic E-state index is 0.0646. The van der Waals surface area contributed by atoms with Crippen LogP contribution in [0.5, 0.6) is 0 Å². The van der Waals surface area contributed by atoms with Gasteiger partial charge in [0.15, 0.2) is 0 Å². The fourth-order valence-corrected chi connectivity index (χ4v) is 3.53. The lowest BCUT2D eigenvalue weighted by atomic mass is 9.95. The maximum absolute atomic E-state index is 12.3. The minimum Gasteiger partial charge on any atom is -0.481 e. The summed E-state index contributed by atoms with van der Waals surface area (Å²) in [4.78, 5) is 26.0. The van der Waals surface area contributed by atoms with Crippen LogP contribution in [0.25, 0.3) is 0 Å². The summed E-state index contributed by atoms with van der Waals surface area (Å²) in [5.41, 5.74) is 0. The molecule has 5 nitrogen and oxygen atoms in total. The second kappa shape index (κ2) is 7.25. The normalized spacial score (nSPS) is 28.8. The van der Waals surface area contributed by atoms with E-state index in [4.69, 9.17) is 0 Å². The molecule has 0 spiro atoms. The summed E-state index contributed by atoms with van der Waals surface area (Å²) in [5.74, 6) is -1.35. The average Bonchev–Trinajstić information content (AvgIpc) is 3.20. The Bertz CT molecular complexity index is 382. The van der Waals surface area contributed by atoms with Gasteiger partial charge in [-0.1, -0.05) is 20.3 Å². The van der Waals surface area contributed by atoms with Gasteiger partial charge in [-0.25, -0.2) is 0 Å². The lowest BCUT2D eigenvalue weighted by molar-refractivity contribution is -0.146. The van der Waals surface area contributed by atoms with Gasteiger partial charge < -0.3 is 10.4 Å². The summed E-state index contributed by atoms with van der Waals surface area (Å²) < 4.78 is 0. The van der Waals surface area contributed by atoms with E-state index in [-0.39, 0.29) is 11.8 Å². The molecule has 3 unspecified atom stereocenters. The summed E-state index contributed by atoms with van der Waals surface area (Å²) in [5, 5.41) is 12.2. The van der Waals surface area contributed by atoms with Gasteiger partial charge in [-0.15, -0.1) is 0 Å². The Kier molecular flexibility index (Phi) is 5.62. The molecule has 2 aliphatic rings. The van der Waals surface area contributed by atoms with Gasteiger partial charge in [-0.3, -0.25) is 14.5 Å². The Hall–Kier alpha value is -1.10. The Morgan fingerprint density at radius 3 is 2.38 bits per heavy atom. The molecule has 2 saturated carbocycles. The van der Waals surface area contributed by atoms with Gasteiger partial charge in [0.05, 0.1) is 11.8 Å². The first-order valence-electron chi connectivity index (χ1n) is 8.31. The van der Waals surface area contributed by atoms with Crippen LogP contribution in [-0.2, 0) is 9.59 Å². The van der Waals surface area contributed by atoms with Crippen molar-refractivity contribution < 1.29 is 14.7 Å². The number of rotatable bonds is 8. The quantitative estimate of drug-likeness (QED) is 0.715. The molecule has 2 aliphatic carbocycles. The highest BCUT2D eigenvalue weighted by atomic mass is 16.4. The van der Waals surface area contributed by atoms with Gasteiger partial charge in [-0.05, 0) is 38.1 Å². The van der Waals surface area contributed by atoms with Crippen molar-refractivity contribution in [2.24, 2.45) is 17.8 Å². The third-order valence-corrected chi connectivity index (χ3v) is 5.06. The van der Waals surface area contributed by atoms with Crippen molar-refractivity contribution in [1.29, 1.82) is 0 Å². The van der Waals surface area contributed by atoms with Gasteiger partial charge in [0.25, 0.3) is 0 Å². The number of nitrogens with zero attached hydrogens (tertiary/aromatic N) is 1. The van der Waals surface area contributed by atoms with Crippen LogP contribution in [0.3, 0.4) is 0 Å². The molecule has 0 bridgehead atoms. The number of amides is 1.